The summed E-state index contributed by atoms with van der Waals surface area (Å²) < 4.78 is 5.47. The third-order valence-corrected chi connectivity index (χ3v) is 4.88. The number of morpholine rings is 1. The van der Waals surface area contributed by atoms with Gasteiger partial charge in [-0.05, 0) is 33.2 Å². The lowest BCUT2D eigenvalue weighted by atomic mass is 10.0. The molecule has 2 fully saturated rings. The van der Waals surface area contributed by atoms with E-state index in [1.54, 1.807) is 0 Å². The number of hydrogen-bond acceptors (Lipinski definition) is 5. The number of aromatic nitrogens is 3. The van der Waals surface area contributed by atoms with Crippen molar-refractivity contribution >= 4 is 0 Å². The van der Waals surface area contributed by atoms with Crippen LogP contribution in [0.3, 0.4) is 0 Å². The van der Waals surface area contributed by atoms with Crippen LogP contribution < -0.4 is 0 Å². The minimum absolute atomic E-state index is 0.651. The largest absolute Gasteiger partial charge is 0.379 e. The summed E-state index contributed by atoms with van der Waals surface area (Å²) >= 11 is 0. The molecule has 1 aromatic rings. The first-order valence-electron chi connectivity index (χ1n) is 8.71. The van der Waals surface area contributed by atoms with Crippen molar-refractivity contribution < 1.29 is 4.74 Å². The van der Waals surface area contributed by atoms with Crippen LogP contribution in [0.2, 0.25) is 0 Å². The molecule has 22 heavy (non-hydrogen) atoms. The van der Waals surface area contributed by atoms with Gasteiger partial charge in [0.2, 0.25) is 0 Å². The highest BCUT2D eigenvalue weighted by molar-refractivity contribution is 5.06. The van der Waals surface area contributed by atoms with E-state index in [0.29, 0.717) is 6.04 Å². The zero-order valence-corrected chi connectivity index (χ0v) is 14.0. The lowest BCUT2D eigenvalue weighted by Gasteiger charge is -2.39. The van der Waals surface area contributed by atoms with Crippen LogP contribution in [0, 0.1) is 6.92 Å². The number of piperidine rings is 1. The molecule has 0 aromatic carbocycles. The van der Waals surface area contributed by atoms with Gasteiger partial charge in [-0.25, -0.2) is 0 Å². The van der Waals surface area contributed by atoms with Crippen molar-refractivity contribution in [3.63, 3.8) is 0 Å². The van der Waals surface area contributed by atoms with Crippen LogP contribution in [0.25, 0.3) is 0 Å². The van der Waals surface area contributed by atoms with Gasteiger partial charge in [0.25, 0.3) is 0 Å². The molecule has 0 N–H and O–H groups in total. The van der Waals surface area contributed by atoms with Crippen LogP contribution in [0.5, 0.6) is 0 Å². The molecule has 0 spiro atoms. The van der Waals surface area contributed by atoms with Crippen molar-refractivity contribution in [1.82, 2.24) is 24.8 Å². The first kappa shape index (κ1) is 15.9. The first-order chi connectivity index (χ1) is 10.8. The molecule has 2 aliphatic heterocycles. The van der Waals surface area contributed by atoms with Crippen LogP contribution >= 0.6 is 0 Å². The van der Waals surface area contributed by atoms with Crippen LogP contribution in [-0.4, -0.2) is 70.2 Å². The molecule has 2 aliphatic rings. The van der Waals surface area contributed by atoms with Gasteiger partial charge >= 0.3 is 0 Å². The summed E-state index contributed by atoms with van der Waals surface area (Å²) in [4.78, 5) is 6.99. The number of ether oxygens (including phenoxy) is 1. The fourth-order valence-electron chi connectivity index (χ4n) is 3.50. The second-order valence-electron chi connectivity index (χ2n) is 6.45. The summed E-state index contributed by atoms with van der Waals surface area (Å²) in [6.45, 7) is 12.2. The summed E-state index contributed by atoms with van der Waals surface area (Å²) in [6, 6.07) is 0.651. The Morgan fingerprint density at radius 2 is 1.95 bits per heavy atom. The SMILES string of the molecule is CCn1nc(C)c(CN2CCCCC2CN2CCOCC2)n1. The molecule has 1 atom stereocenters. The lowest BCUT2D eigenvalue weighted by Crippen LogP contribution is -2.49. The van der Waals surface area contributed by atoms with Crippen LogP contribution in [0.15, 0.2) is 0 Å². The number of hydrogen-bond donors (Lipinski definition) is 0. The molecule has 0 bridgehead atoms. The predicted molar refractivity (Wildman–Crippen MR) is 85.7 cm³/mol. The average Bonchev–Trinajstić information content (AvgIpc) is 2.90. The van der Waals surface area contributed by atoms with E-state index in [9.17, 15) is 0 Å². The van der Waals surface area contributed by atoms with E-state index >= 15 is 0 Å². The number of nitrogens with zero attached hydrogens (tertiary/aromatic N) is 5. The van der Waals surface area contributed by atoms with Gasteiger partial charge in [0, 0.05) is 32.2 Å². The molecule has 0 amide bonds. The second-order valence-corrected chi connectivity index (χ2v) is 6.45. The Morgan fingerprint density at radius 1 is 1.14 bits per heavy atom. The highest BCUT2D eigenvalue weighted by Gasteiger charge is 2.26. The Balaban J connectivity index is 1.62. The summed E-state index contributed by atoms with van der Waals surface area (Å²) in [5, 5.41) is 9.12. The Kier molecular flexibility index (Phi) is 5.44. The molecule has 1 unspecified atom stereocenters. The van der Waals surface area contributed by atoms with E-state index in [1.165, 1.54) is 32.4 Å². The molecule has 3 heterocycles. The van der Waals surface area contributed by atoms with Gasteiger partial charge in [-0.2, -0.15) is 15.0 Å². The van der Waals surface area contributed by atoms with Crippen LogP contribution in [0.1, 0.15) is 37.6 Å². The maximum Gasteiger partial charge on any atom is 0.0996 e. The first-order valence-corrected chi connectivity index (χ1v) is 8.71. The molecule has 1 aromatic heterocycles. The number of aryl methyl sites for hydroxylation is 2. The topological polar surface area (TPSA) is 46.4 Å². The van der Waals surface area contributed by atoms with Gasteiger partial charge in [0.1, 0.15) is 0 Å². The second kappa shape index (κ2) is 7.53. The molecule has 0 radical (unpaired) electrons. The zero-order valence-electron chi connectivity index (χ0n) is 14.0. The third kappa shape index (κ3) is 3.86. The van der Waals surface area contributed by atoms with Gasteiger partial charge in [0.15, 0.2) is 0 Å². The molecular formula is C16H29N5O. The van der Waals surface area contributed by atoms with Gasteiger partial charge in [0.05, 0.1) is 31.1 Å². The van der Waals surface area contributed by atoms with Gasteiger partial charge in [-0.15, -0.1) is 0 Å². The fourth-order valence-corrected chi connectivity index (χ4v) is 3.50. The average molecular weight is 307 g/mol. The Labute approximate surface area is 133 Å². The quantitative estimate of drug-likeness (QED) is 0.820. The van der Waals surface area contributed by atoms with E-state index in [1.807, 2.05) is 4.80 Å². The lowest BCUT2D eigenvalue weighted by molar-refractivity contribution is 0.0150. The summed E-state index contributed by atoms with van der Waals surface area (Å²) in [6.07, 6.45) is 3.96. The minimum atomic E-state index is 0.651. The third-order valence-electron chi connectivity index (χ3n) is 4.88. The Morgan fingerprint density at radius 3 is 2.68 bits per heavy atom. The maximum absolute atomic E-state index is 5.47. The smallest absolute Gasteiger partial charge is 0.0996 e. The van der Waals surface area contributed by atoms with Gasteiger partial charge < -0.3 is 4.74 Å². The van der Waals surface area contributed by atoms with E-state index < -0.39 is 0 Å². The summed E-state index contributed by atoms with van der Waals surface area (Å²) in [7, 11) is 0. The van der Waals surface area contributed by atoms with Crippen molar-refractivity contribution in [2.24, 2.45) is 0 Å². The monoisotopic (exact) mass is 307 g/mol. The standard InChI is InChI=1S/C16H29N5O/c1-3-21-17-14(2)16(18-21)13-20-7-5-4-6-15(20)12-19-8-10-22-11-9-19/h15H,3-13H2,1-2H3. The predicted octanol–water partition coefficient (Wildman–Crippen LogP) is 1.29. The van der Waals surface area contributed by atoms with Crippen molar-refractivity contribution in [3.05, 3.63) is 11.4 Å². The van der Waals surface area contributed by atoms with E-state index in [0.717, 1.165) is 50.8 Å². The minimum Gasteiger partial charge on any atom is -0.379 e. The van der Waals surface area contributed by atoms with E-state index in [2.05, 4.69) is 33.8 Å². The molecule has 2 saturated heterocycles. The normalized spacial score (nSPS) is 24.7. The van der Waals surface area contributed by atoms with Gasteiger partial charge in [-0.3, -0.25) is 9.80 Å². The molecule has 0 aliphatic carbocycles. The molecule has 0 saturated carbocycles. The maximum atomic E-state index is 5.47. The fraction of sp³-hybridized carbons (Fsp3) is 0.875. The molecule has 124 valence electrons. The highest BCUT2D eigenvalue weighted by Crippen LogP contribution is 2.21. The Bertz CT molecular complexity index is 469. The van der Waals surface area contributed by atoms with E-state index in [4.69, 9.17) is 4.74 Å². The molecule has 6 heteroatoms. The summed E-state index contributed by atoms with van der Waals surface area (Å²) in [5.41, 5.74) is 2.23. The molecule has 6 nitrogen and oxygen atoms in total. The molecule has 3 rings (SSSR count). The van der Waals surface area contributed by atoms with Gasteiger partial charge in [-0.1, -0.05) is 6.42 Å². The van der Waals surface area contributed by atoms with Crippen LogP contribution in [-0.2, 0) is 17.8 Å². The van der Waals surface area contributed by atoms with Crippen molar-refractivity contribution in [3.8, 4) is 0 Å². The van der Waals surface area contributed by atoms with Crippen LogP contribution in [0.4, 0.5) is 0 Å². The Hall–Kier alpha value is -0.980. The van der Waals surface area contributed by atoms with E-state index in [-0.39, 0.29) is 0 Å². The molecular weight excluding hydrogens is 278 g/mol. The van der Waals surface area contributed by atoms with Crippen molar-refractivity contribution in [1.29, 1.82) is 0 Å². The van der Waals surface area contributed by atoms with Crippen molar-refractivity contribution in [2.45, 2.75) is 52.2 Å². The highest BCUT2D eigenvalue weighted by atomic mass is 16.5. The number of likely N-dealkylation sites (tertiary alicyclic amines) is 1. The number of rotatable bonds is 5. The van der Waals surface area contributed by atoms with Crippen molar-refractivity contribution in [2.75, 3.05) is 39.4 Å². The summed E-state index contributed by atoms with van der Waals surface area (Å²) in [5.74, 6) is 0. The zero-order chi connectivity index (χ0) is 15.4.